The standard InChI is InChI=1S/C13H20N6O/c1-5-19-8-10(6-15-19)13(20)14-7-11-16-17-12(9(2)3)18(11)4/h6,8-9H,5,7H2,1-4H3,(H,14,20). The van der Waals surface area contributed by atoms with Gasteiger partial charge in [-0.05, 0) is 6.92 Å². The maximum absolute atomic E-state index is 12.0. The van der Waals surface area contributed by atoms with Crippen molar-refractivity contribution >= 4 is 5.91 Å². The van der Waals surface area contributed by atoms with Crippen LogP contribution in [0.15, 0.2) is 12.4 Å². The Kier molecular flexibility index (Phi) is 4.16. The van der Waals surface area contributed by atoms with E-state index in [0.29, 0.717) is 18.0 Å². The third kappa shape index (κ3) is 2.87. The van der Waals surface area contributed by atoms with E-state index in [1.165, 1.54) is 0 Å². The molecule has 0 atom stereocenters. The predicted octanol–water partition coefficient (Wildman–Crippen LogP) is 1.08. The van der Waals surface area contributed by atoms with Crippen molar-refractivity contribution < 1.29 is 4.79 Å². The lowest BCUT2D eigenvalue weighted by atomic mass is 10.2. The lowest BCUT2D eigenvalue weighted by molar-refractivity contribution is 0.0949. The summed E-state index contributed by atoms with van der Waals surface area (Å²) in [6.07, 6.45) is 3.29. The molecule has 7 heteroatoms. The van der Waals surface area contributed by atoms with Gasteiger partial charge in [0.2, 0.25) is 0 Å². The summed E-state index contributed by atoms with van der Waals surface area (Å²) in [7, 11) is 1.91. The Hall–Kier alpha value is -2.18. The summed E-state index contributed by atoms with van der Waals surface area (Å²) >= 11 is 0. The van der Waals surface area contributed by atoms with Crippen LogP contribution in [0.5, 0.6) is 0 Å². The maximum Gasteiger partial charge on any atom is 0.254 e. The minimum atomic E-state index is -0.154. The third-order valence-electron chi connectivity index (χ3n) is 3.14. The van der Waals surface area contributed by atoms with E-state index in [1.54, 1.807) is 17.1 Å². The molecule has 2 aromatic heterocycles. The molecule has 1 N–H and O–H groups in total. The molecule has 2 aromatic rings. The van der Waals surface area contributed by atoms with Gasteiger partial charge < -0.3 is 9.88 Å². The van der Waals surface area contributed by atoms with Crippen LogP contribution in [0.1, 0.15) is 48.7 Å². The van der Waals surface area contributed by atoms with Crippen LogP contribution >= 0.6 is 0 Å². The normalized spacial score (nSPS) is 11.1. The number of rotatable bonds is 5. The molecule has 1 amide bonds. The molecule has 0 aliphatic carbocycles. The van der Waals surface area contributed by atoms with Crippen LogP contribution in [0.3, 0.4) is 0 Å². The molecule has 0 aliphatic heterocycles. The Labute approximate surface area is 118 Å². The first kappa shape index (κ1) is 14.2. The molecule has 0 aromatic carbocycles. The number of amides is 1. The number of aromatic nitrogens is 5. The Balaban J connectivity index is 2.00. The van der Waals surface area contributed by atoms with Gasteiger partial charge in [-0.2, -0.15) is 5.10 Å². The fraction of sp³-hybridized carbons (Fsp3) is 0.538. The highest BCUT2D eigenvalue weighted by Crippen LogP contribution is 2.11. The molecule has 7 nitrogen and oxygen atoms in total. The first-order valence-corrected chi connectivity index (χ1v) is 6.71. The number of nitrogens with zero attached hydrogens (tertiary/aromatic N) is 5. The molecule has 0 unspecified atom stereocenters. The van der Waals surface area contributed by atoms with Gasteiger partial charge in [0.15, 0.2) is 5.82 Å². The lowest BCUT2D eigenvalue weighted by Gasteiger charge is -2.06. The van der Waals surface area contributed by atoms with Gasteiger partial charge in [-0.1, -0.05) is 13.8 Å². The first-order valence-electron chi connectivity index (χ1n) is 6.71. The third-order valence-corrected chi connectivity index (χ3v) is 3.14. The fourth-order valence-corrected chi connectivity index (χ4v) is 1.95. The number of nitrogens with one attached hydrogen (secondary N) is 1. The second-order valence-electron chi connectivity index (χ2n) is 4.96. The second-order valence-corrected chi connectivity index (χ2v) is 4.96. The molecular formula is C13H20N6O. The van der Waals surface area contributed by atoms with Crippen molar-refractivity contribution in [3.05, 3.63) is 29.6 Å². The molecule has 108 valence electrons. The van der Waals surface area contributed by atoms with E-state index < -0.39 is 0 Å². The molecule has 0 fully saturated rings. The monoisotopic (exact) mass is 276 g/mol. The van der Waals surface area contributed by atoms with E-state index in [4.69, 9.17) is 0 Å². The Morgan fingerprint density at radius 3 is 2.70 bits per heavy atom. The average Bonchev–Trinajstić information content (AvgIpc) is 3.02. The van der Waals surface area contributed by atoms with Crippen LogP contribution in [0.25, 0.3) is 0 Å². The number of hydrogen-bond acceptors (Lipinski definition) is 4. The molecule has 0 aliphatic rings. The van der Waals surface area contributed by atoms with Crippen LogP contribution < -0.4 is 5.32 Å². The van der Waals surface area contributed by atoms with E-state index in [0.717, 1.165) is 18.2 Å². The average molecular weight is 276 g/mol. The van der Waals surface area contributed by atoms with Gasteiger partial charge in [0.25, 0.3) is 5.91 Å². The van der Waals surface area contributed by atoms with E-state index in [1.807, 2.05) is 18.5 Å². The van der Waals surface area contributed by atoms with Crippen LogP contribution in [0, 0.1) is 0 Å². The van der Waals surface area contributed by atoms with Crippen LogP contribution in [0.2, 0.25) is 0 Å². The topological polar surface area (TPSA) is 77.6 Å². The lowest BCUT2D eigenvalue weighted by Crippen LogP contribution is -2.24. The maximum atomic E-state index is 12.0. The summed E-state index contributed by atoms with van der Waals surface area (Å²) in [4.78, 5) is 12.0. The summed E-state index contributed by atoms with van der Waals surface area (Å²) in [5.41, 5.74) is 0.554. The minimum absolute atomic E-state index is 0.154. The quantitative estimate of drug-likeness (QED) is 0.886. The van der Waals surface area contributed by atoms with Crippen molar-refractivity contribution in [2.75, 3.05) is 0 Å². The van der Waals surface area contributed by atoms with Gasteiger partial charge in [-0.15, -0.1) is 10.2 Å². The summed E-state index contributed by atoms with van der Waals surface area (Å²) < 4.78 is 3.63. The highest BCUT2D eigenvalue weighted by Gasteiger charge is 2.13. The van der Waals surface area contributed by atoms with Crippen LogP contribution in [-0.4, -0.2) is 30.5 Å². The molecule has 2 rings (SSSR count). The van der Waals surface area contributed by atoms with Crippen LogP contribution in [0.4, 0.5) is 0 Å². The zero-order chi connectivity index (χ0) is 14.7. The van der Waals surface area contributed by atoms with Gasteiger partial charge in [-0.3, -0.25) is 9.48 Å². The Morgan fingerprint density at radius 1 is 1.40 bits per heavy atom. The molecule has 0 radical (unpaired) electrons. The summed E-state index contributed by atoms with van der Waals surface area (Å²) in [5.74, 6) is 1.80. The molecule has 20 heavy (non-hydrogen) atoms. The summed E-state index contributed by atoms with van der Waals surface area (Å²) in [5, 5.41) is 15.1. The smallest absolute Gasteiger partial charge is 0.254 e. The van der Waals surface area contributed by atoms with Crippen molar-refractivity contribution in [2.45, 2.75) is 39.8 Å². The molecule has 2 heterocycles. The highest BCUT2D eigenvalue weighted by molar-refractivity contribution is 5.93. The van der Waals surface area contributed by atoms with Gasteiger partial charge in [-0.25, -0.2) is 0 Å². The predicted molar refractivity (Wildman–Crippen MR) is 74.2 cm³/mol. The van der Waals surface area contributed by atoms with Crippen molar-refractivity contribution in [1.82, 2.24) is 29.9 Å². The van der Waals surface area contributed by atoms with E-state index in [-0.39, 0.29) is 5.91 Å². The fourth-order valence-electron chi connectivity index (χ4n) is 1.95. The van der Waals surface area contributed by atoms with Crippen molar-refractivity contribution in [3.8, 4) is 0 Å². The van der Waals surface area contributed by atoms with Crippen molar-refractivity contribution in [3.63, 3.8) is 0 Å². The Bertz CT molecular complexity index is 598. The Morgan fingerprint density at radius 2 is 2.15 bits per heavy atom. The first-order chi connectivity index (χ1) is 9.52. The molecular weight excluding hydrogens is 256 g/mol. The van der Waals surface area contributed by atoms with Crippen molar-refractivity contribution in [2.24, 2.45) is 7.05 Å². The largest absolute Gasteiger partial charge is 0.345 e. The van der Waals surface area contributed by atoms with Gasteiger partial charge in [0.1, 0.15) is 5.82 Å². The SMILES string of the molecule is CCn1cc(C(=O)NCc2nnc(C(C)C)n2C)cn1. The summed E-state index contributed by atoms with van der Waals surface area (Å²) in [6.45, 7) is 7.19. The van der Waals surface area contributed by atoms with Gasteiger partial charge >= 0.3 is 0 Å². The second kappa shape index (κ2) is 5.85. The molecule has 0 bridgehead atoms. The number of hydrogen-bond donors (Lipinski definition) is 1. The molecule has 0 spiro atoms. The molecule has 0 saturated carbocycles. The number of carbonyl (C=O) groups is 1. The van der Waals surface area contributed by atoms with Crippen molar-refractivity contribution in [1.29, 1.82) is 0 Å². The van der Waals surface area contributed by atoms with Gasteiger partial charge in [0.05, 0.1) is 18.3 Å². The number of aryl methyl sites for hydroxylation is 1. The minimum Gasteiger partial charge on any atom is -0.345 e. The van der Waals surface area contributed by atoms with Crippen LogP contribution in [-0.2, 0) is 20.1 Å². The van der Waals surface area contributed by atoms with Gasteiger partial charge in [0, 0.05) is 25.7 Å². The van der Waals surface area contributed by atoms with E-state index >= 15 is 0 Å². The van der Waals surface area contributed by atoms with E-state index in [2.05, 4.69) is 34.5 Å². The molecule has 0 saturated heterocycles. The van der Waals surface area contributed by atoms with E-state index in [9.17, 15) is 4.79 Å². The zero-order valence-corrected chi connectivity index (χ0v) is 12.3. The highest BCUT2D eigenvalue weighted by atomic mass is 16.1. The zero-order valence-electron chi connectivity index (χ0n) is 12.3. The summed E-state index contributed by atoms with van der Waals surface area (Å²) in [6, 6.07) is 0. The number of carbonyl (C=O) groups excluding carboxylic acids is 1.